The van der Waals surface area contributed by atoms with Gasteiger partial charge < -0.3 is 10.2 Å². The van der Waals surface area contributed by atoms with Gasteiger partial charge in [-0.2, -0.15) is 5.10 Å². The van der Waals surface area contributed by atoms with E-state index in [2.05, 4.69) is 15.3 Å². The average Bonchev–Trinajstić information content (AvgIpc) is 3.20. The Hall–Kier alpha value is -1.56. The van der Waals surface area contributed by atoms with E-state index in [0.29, 0.717) is 12.6 Å². The minimum Gasteiger partial charge on any atom is -0.334 e. The van der Waals surface area contributed by atoms with Crippen LogP contribution in [0.4, 0.5) is 4.79 Å². The lowest BCUT2D eigenvalue weighted by Crippen LogP contribution is -2.53. The zero-order valence-electron chi connectivity index (χ0n) is 13.4. The largest absolute Gasteiger partial charge is 0.334 e. The summed E-state index contributed by atoms with van der Waals surface area (Å²) in [4.78, 5) is 17.0. The van der Waals surface area contributed by atoms with Crippen molar-refractivity contribution in [3.63, 3.8) is 0 Å². The predicted molar refractivity (Wildman–Crippen MR) is 85.6 cm³/mol. The molecule has 2 aliphatic rings. The summed E-state index contributed by atoms with van der Waals surface area (Å²) in [7, 11) is 0. The van der Waals surface area contributed by atoms with Gasteiger partial charge >= 0.3 is 6.03 Å². The number of carbonyl (C=O) groups excluding carboxylic acids is 1. The molecule has 0 radical (unpaired) electrons. The molecule has 1 N–H and O–H groups in total. The molecule has 0 saturated carbocycles. The van der Waals surface area contributed by atoms with Crippen LogP contribution in [0.1, 0.15) is 32.6 Å². The molecule has 3 rings (SSSR count). The number of urea groups is 1. The summed E-state index contributed by atoms with van der Waals surface area (Å²) in [5.74, 6) is 0. The normalized spacial score (nSPS) is 24.4. The van der Waals surface area contributed by atoms with Crippen LogP contribution in [0, 0.1) is 0 Å². The fourth-order valence-corrected chi connectivity index (χ4v) is 3.58. The number of amides is 2. The molecular weight excluding hydrogens is 278 g/mol. The Morgan fingerprint density at radius 1 is 1.32 bits per heavy atom. The summed E-state index contributed by atoms with van der Waals surface area (Å²) < 4.78 is 1.86. The SMILES string of the molecule is C[C@H](Cn1cccn1)NC(=O)N1CCC[C@H](N2CCCC2)C1. The molecule has 2 aliphatic heterocycles. The highest BCUT2D eigenvalue weighted by atomic mass is 16.2. The Morgan fingerprint density at radius 2 is 2.14 bits per heavy atom. The summed E-state index contributed by atoms with van der Waals surface area (Å²) in [5.41, 5.74) is 0. The quantitative estimate of drug-likeness (QED) is 0.918. The molecule has 0 aliphatic carbocycles. The van der Waals surface area contributed by atoms with Gasteiger partial charge in [-0.15, -0.1) is 0 Å². The van der Waals surface area contributed by atoms with Gasteiger partial charge in [0.25, 0.3) is 0 Å². The lowest BCUT2D eigenvalue weighted by atomic mass is 10.0. The van der Waals surface area contributed by atoms with Crippen LogP contribution in [0.5, 0.6) is 0 Å². The molecule has 1 aromatic rings. The lowest BCUT2D eigenvalue weighted by Gasteiger charge is -2.38. The number of rotatable bonds is 4. The summed E-state index contributed by atoms with van der Waals surface area (Å²) in [5, 5.41) is 7.29. The first-order valence-electron chi connectivity index (χ1n) is 8.49. The van der Waals surface area contributed by atoms with E-state index in [-0.39, 0.29) is 12.1 Å². The van der Waals surface area contributed by atoms with Crippen LogP contribution in [0.2, 0.25) is 0 Å². The first kappa shape index (κ1) is 15.3. The van der Waals surface area contributed by atoms with Gasteiger partial charge in [0.15, 0.2) is 0 Å². The third-order valence-electron chi connectivity index (χ3n) is 4.73. The fourth-order valence-electron chi connectivity index (χ4n) is 3.58. The first-order chi connectivity index (χ1) is 10.7. The molecule has 2 saturated heterocycles. The molecule has 6 nitrogen and oxygen atoms in total. The van der Waals surface area contributed by atoms with Gasteiger partial charge in [0, 0.05) is 37.6 Å². The highest BCUT2D eigenvalue weighted by Crippen LogP contribution is 2.20. The summed E-state index contributed by atoms with van der Waals surface area (Å²) in [6.45, 7) is 6.90. The van der Waals surface area contributed by atoms with Gasteiger partial charge in [-0.1, -0.05) is 0 Å². The third-order valence-corrected chi connectivity index (χ3v) is 4.73. The maximum Gasteiger partial charge on any atom is 0.317 e. The molecule has 2 atom stereocenters. The Morgan fingerprint density at radius 3 is 2.86 bits per heavy atom. The number of piperidine rings is 1. The van der Waals surface area contributed by atoms with Crippen molar-refractivity contribution in [1.82, 2.24) is 24.9 Å². The number of hydrogen-bond donors (Lipinski definition) is 1. The van der Waals surface area contributed by atoms with Gasteiger partial charge in [0.2, 0.25) is 0 Å². The second-order valence-corrected chi connectivity index (χ2v) is 6.56. The zero-order valence-corrected chi connectivity index (χ0v) is 13.4. The van der Waals surface area contributed by atoms with Crippen molar-refractivity contribution in [3.05, 3.63) is 18.5 Å². The van der Waals surface area contributed by atoms with E-state index >= 15 is 0 Å². The van der Waals surface area contributed by atoms with E-state index in [1.165, 1.54) is 32.4 Å². The Bertz CT molecular complexity index is 469. The van der Waals surface area contributed by atoms with Crippen LogP contribution in [-0.2, 0) is 6.54 Å². The molecule has 2 fully saturated rings. The predicted octanol–water partition coefficient (Wildman–Crippen LogP) is 1.54. The Kier molecular flexibility index (Phi) is 4.97. The van der Waals surface area contributed by atoms with Gasteiger partial charge in [-0.05, 0) is 51.8 Å². The van der Waals surface area contributed by atoms with Gasteiger partial charge in [0.1, 0.15) is 0 Å². The number of nitrogens with zero attached hydrogens (tertiary/aromatic N) is 4. The monoisotopic (exact) mass is 305 g/mol. The molecule has 0 aromatic carbocycles. The number of aromatic nitrogens is 2. The van der Waals surface area contributed by atoms with E-state index < -0.39 is 0 Å². The Labute approximate surface area is 132 Å². The minimum absolute atomic E-state index is 0.0727. The van der Waals surface area contributed by atoms with Crippen molar-refractivity contribution in [1.29, 1.82) is 0 Å². The second kappa shape index (κ2) is 7.13. The van der Waals surface area contributed by atoms with Crippen molar-refractivity contribution >= 4 is 6.03 Å². The number of carbonyl (C=O) groups is 1. The topological polar surface area (TPSA) is 53.4 Å². The second-order valence-electron chi connectivity index (χ2n) is 6.56. The van der Waals surface area contributed by atoms with Gasteiger partial charge in [-0.25, -0.2) is 4.79 Å². The summed E-state index contributed by atoms with van der Waals surface area (Å²) in [6.07, 6.45) is 8.65. The van der Waals surface area contributed by atoms with E-state index in [4.69, 9.17) is 0 Å². The van der Waals surface area contributed by atoms with Crippen LogP contribution < -0.4 is 5.32 Å². The summed E-state index contributed by atoms with van der Waals surface area (Å²) >= 11 is 0. The highest BCUT2D eigenvalue weighted by Gasteiger charge is 2.29. The molecule has 6 heteroatoms. The molecule has 2 amide bonds. The van der Waals surface area contributed by atoms with Crippen molar-refractivity contribution in [2.45, 2.75) is 51.2 Å². The first-order valence-corrected chi connectivity index (χ1v) is 8.49. The fraction of sp³-hybridized carbons (Fsp3) is 0.750. The third kappa shape index (κ3) is 3.80. The zero-order chi connectivity index (χ0) is 15.4. The number of likely N-dealkylation sites (tertiary alicyclic amines) is 2. The van der Waals surface area contributed by atoms with Crippen molar-refractivity contribution in [2.75, 3.05) is 26.2 Å². The highest BCUT2D eigenvalue weighted by molar-refractivity contribution is 5.74. The molecule has 0 spiro atoms. The standard InChI is InChI=1S/C16H27N5O/c1-14(12-21-11-5-7-17-21)18-16(22)20-10-4-6-15(13-20)19-8-2-3-9-19/h5,7,11,14-15H,2-4,6,8-10,12-13H2,1H3,(H,18,22)/t14-,15+/m1/s1. The molecule has 1 aromatic heterocycles. The Balaban J connectivity index is 1.48. The molecule has 0 bridgehead atoms. The van der Waals surface area contributed by atoms with Crippen molar-refractivity contribution < 1.29 is 4.79 Å². The molecule has 3 heterocycles. The van der Waals surface area contributed by atoms with Crippen LogP contribution >= 0.6 is 0 Å². The van der Waals surface area contributed by atoms with E-state index in [1.807, 2.05) is 28.8 Å². The van der Waals surface area contributed by atoms with E-state index in [1.54, 1.807) is 6.20 Å². The maximum absolute atomic E-state index is 12.5. The lowest BCUT2D eigenvalue weighted by molar-refractivity contribution is 0.123. The molecule has 122 valence electrons. The summed E-state index contributed by atoms with van der Waals surface area (Å²) in [6, 6.07) is 2.62. The smallest absolute Gasteiger partial charge is 0.317 e. The average molecular weight is 305 g/mol. The maximum atomic E-state index is 12.5. The van der Waals surface area contributed by atoms with Crippen LogP contribution in [0.15, 0.2) is 18.5 Å². The van der Waals surface area contributed by atoms with E-state index in [9.17, 15) is 4.79 Å². The van der Waals surface area contributed by atoms with Crippen LogP contribution in [-0.4, -0.2) is 63.9 Å². The van der Waals surface area contributed by atoms with Gasteiger partial charge in [0.05, 0.1) is 6.54 Å². The number of hydrogen-bond acceptors (Lipinski definition) is 3. The van der Waals surface area contributed by atoms with Crippen molar-refractivity contribution in [3.8, 4) is 0 Å². The minimum atomic E-state index is 0.0727. The van der Waals surface area contributed by atoms with Gasteiger partial charge in [-0.3, -0.25) is 9.58 Å². The van der Waals surface area contributed by atoms with Crippen molar-refractivity contribution in [2.24, 2.45) is 0 Å². The molecule has 0 unspecified atom stereocenters. The molecular formula is C16H27N5O. The van der Waals surface area contributed by atoms with E-state index in [0.717, 1.165) is 19.5 Å². The van der Waals surface area contributed by atoms with Crippen LogP contribution in [0.3, 0.4) is 0 Å². The van der Waals surface area contributed by atoms with Crippen LogP contribution in [0.25, 0.3) is 0 Å². The number of nitrogens with one attached hydrogen (secondary N) is 1. The molecule has 22 heavy (non-hydrogen) atoms.